The molecule has 1 aromatic carbocycles. The molecule has 0 bridgehead atoms. The van der Waals surface area contributed by atoms with Crippen molar-refractivity contribution in [2.24, 2.45) is 0 Å². The van der Waals surface area contributed by atoms with E-state index in [-0.39, 0.29) is 0 Å². The fourth-order valence-electron chi connectivity index (χ4n) is 1.88. The van der Waals surface area contributed by atoms with Crippen molar-refractivity contribution < 1.29 is 0 Å². The van der Waals surface area contributed by atoms with E-state index < -0.39 is 0 Å². The normalized spacial score (nSPS) is 10.6. The van der Waals surface area contributed by atoms with Crippen molar-refractivity contribution in [3.8, 4) is 22.0 Å². The van der Waals surface area contributed by atoms with Crippen LogP contribution in [-0.2, 0) is 0 Å². The molecule has 2 nitrogen and oxygen atoms in total. The van der Waals surface area contributed by atoms with Gasteiger partial charge in [0.1, 0.15) is 10.7 Å². The highest BCUT2D eigenvalue weighted by atomic mass is 79.9. The Morgan fingerprint density at radius 3 is 2.74 bits per heavy atom. The smallest absolute Gasteiger partial charge is 0.142 e. The molecule has 0 amide bonds. The van der Waals surface area contributed by atoms with Crippen molar-refractivity contribution in [2.75, 3.05) is 0 Å². The summed E-state index contributed by atoms with van der Waals surface area (Å²) >= 11 is 5.19. The molecule has 3 aromatic rings. The van der Waals surface area contributed by atoms with Gasteiger partial charge in [0.15, 0.2) is 0 Å². The van der Waals surface area contributed by atoms with Crippen molar-refractivity contribution >= 4 is 27.3 Å². The molecule has 0 spiro atoms. The van der Waals surface area contributed by atoms with Gasteiger partial charge in [0.25, 0.3) is 0 Å². The third kappa shape index (κ3) is 2.46. The summed E-state index contributed by atoms with van der Waals surface area (Å²) in [6.07, 6.45) is 1.81. The Hall–Kier alpha value is -1.52. The third-order valence-electron chi connectivity index (χ3n) is 2.87. The molecule has 19 heavy (non-hydrogen) atoms. The Kier molecular flexibility index (Phi) is 3.44. The van der Waals surface area contributed by atoms with Gasteiger partial charge in [0, 0.05) is 21.6 Å². The predicted molar refractivity (Wildman–Crippen MR) is 83.2 cm³/mol. The average Bonchev–Trinajstić information content (AvgIpc) is 2.89. The summed E-state index contributed by atoms with van der Waals surface area (Å²) in [5.74, 6) is 0. The first-order chi connectivity index (χ1) is 9.25. The molecular formula is C15H11BrN2S. The third-order valence-corrected chi connectivity index (χ3v) is 4.41. The Morgan fingerprint density at radius 1 is 1.11 bits per heavy atom. The molecule has 0 unspecified atom stereocenters. The fourth-order valence-corrected chi connectivity index (χ4v) is 3.25. The van der Waals surface area contributed by atoms with Crippen LogP contribution in [-0.4, -0.2) is 9.97 Å². The number of nitrogens with zero attached hydrogens (tertiary/aromatic N) is 2. The zero-order valence-corrected chi connectivity index (χ0v) is 12.7. The number of hydrogen-bond acceptors (Lipinski definition) is 3. The van der Waals surface area contributed by atoms with Crippen LogP contribution in [0.1, 0.15) is 5.56 Å². The zero-order valence-electron chi connectivity index (χ0n) is 10.3. The van der Waals surface area contributed by atoms with Crippen molar-refractivity contribution in [2.45, 2.75) is 6.92 Å². The highest BCUT2D eigenvalue weighted by molar-refractivity contribution is 9.10. The summed E-state index contributed by atoms with van der Waals surface area (Å²) in [6.45, 7) is 2.06. The number of pyridine rings is 1. The Balaban J connectivity index is 2.06. The van der Waals surface area contributed by atoms with E-state index in [9.17, 15) is 0 Å². The molecule has 0 aliphatic rings. The van der Waals surface area contributed by atoms with Crippen LogP contribution < -0.4 is 0 Å². The van der Waals surface area contributed by atoms with Gasteiger partial charge >= 0.3 is 0 Å². The lowest BCUT2D eigenvalue weighted by atomic mass is 10.2. The van der Waals surface area contributed by atoms with Gasteiger partial charge in [0.2, 0.25) is 0 Å². The topological polar surface area (TPSA) is 25.8 Å². The number of rotatable bonds is 2. The molecule has 0 saturated heterocycles. The van der Waals surface area contributed by atoms with Crippen molar-refractivity contribution in [1.29, 1.82) is 0 Å². The van der Waals surface area contributed by atoms with E-state index in [0.29, 0.717) is 0 Å². The molecule has 0 aliphatic carbocycles. The van der Waals surface area contributed by atoms with Crippen LogP contribution in [0.25, 0.3) is 22.0 Å². The van der Waals surface area contributed by atoms with E-state index in [4.69, 9.17) is 4.98 Å². The second-order valence-electron chi connectivity index (χ2n) is 4.19. The van der Waals surface area contributed by atoms with Crippen LogP contribution in [0.5, 0.6) is 0 Å². The van der Waals surface area contributed by atoms with Gasteiger partial charge in [-0.25, -0.2) is 4.98 Å². The minimum absolute atomic E-state index is 0.962. The van der Waals surface area contributed by atoms with Gasteiger partial charge in [-0.1, -0.05) is 40.2 Å². The standard InChI is InChI=1S/C15H11BrN2S/c1-10-5-4-8-17-14(10)15-18-13(9-19-15)11-6-2-3-7-12(11)16/h2-9H,1H3. The molecule has 0 atom stereocenters. The zero-order chi connectivity index (χ0) is 13.2. The SMILES string of the molecule is Cc1cccnc1-c1nc(-c2ccccc2Br)cs1. The lowest BCUT2D eigenvalue weighted by molar-refractivity contribution is 1.25. The summed E-state index contributed by atoms with van der Waals surface area (Å²) < 4.78 is 1.06. The van der Waals surface area contributed by atoms with Gasteiger partial charge in [0.05, 0.1) is 5.69 Å². The van der Waals surface area contributed by atoms with Crippen LogP contribution >= 0.6 is 27.3 Å². The first-order valence-electron chi connectivity index (χ1n) is 5.88. The van der Waals surface area contributed by atoms with E-state index >= 15 is 0 Å². The maximum atomic E-state index is 4.70. The molecule has 3 rings (SSSR count). The van der Waals surface area contributed by atoms with Crippen LogP contribution in [0.15, 0.2) is 52.4 Å². The number of benzene rings is 1. The quantitative estimate of drug-likeness (QED) is 0.664. The lowest BCUT2D eigenvalue weighted by Gasteiger charge is -2.01. The number of aryl methyl sites for hydroxylation is 1. The van der Waals surface area contributed by atoms with Crippen molar-refractivity contribution in [3.05, 3.63) is 58.0 Å². The molecule has 0 aliphatic heterocycles. The molecule has 0 N–H and O–H groups in total. The summed E-state index contributed by atoms with van der Waals surface area (Å²) in [7, 11) is 0. The largest absolute Gasteiger partial charge is 0.253 e. The first kappa shape index (κ1) is 12.5. The van der Waals surface area contributed by atoms with Gasteiger partial charge < -0.3 is 0 Å². The number of aromatic nitrogens is 2. The maximum Gasteiger partial charge on any atom is 0.142 e. The Morgan fingerprint density at radius 2 is 1.95 bits per heavy atom. The highest BCUT2D eigenvalue weighted by Crippen LogP contribution is 2.32. The molecule has 0 saturated carbocycles. The fraction of sp³-hybridized carbons (Fsp3) is 0.0667. The highest BCUT2D eigenvalue weighted by Gasteiger charge is 2.11. The number of hydrogen-bond donors (Lipinski definition) is 0. The lowest BCUT2D eigenvalue weighted by Crippen LogP contribution is -1.87. The summed E-state index contributed by atoms with van der Waals surface area (Å²) in [5.41, 5.74) is 4.21. The van der Waals surface area contributed by atoms with Crippen LogP contribution in [0, 0.1) is 6.92 Å². The Bertz CT molecular complexity index is 661. The van der Waals surface area contributed by atoms with Crippen LogP contribution in [0.2, 0.25) is 0 Å². The minimum Gasteiger partial charge on any atom is -0.253 e. The van der Waals surface area contributed by atoms with E-state index in [0.717, 1.165) is 32.0 Å². The van der Waals surface area contributed by atoms with Gasteiger partial charge in [-0.2, -0.15) is 0 Å². The van der Waals surface area contributed by atoms with Gasteiger partial charge in [-0.05, 0) is 24.6 Å². The molecule has 2 heterocycles. The number of thiazole rings is 1. The summed E-state index contributed by atoms with van der Waals surface area (Å²) in [6, 6.07) is 12.1. The van der Waals surface area contributed by atoms with E-state index in [1.165, 1.54) is 0 Å². The minimum atomic E-state index is 0.962. The van der Waals surface area contributed by atoms with Crippen molar-refractivity contribution in [3.63, 3.8) is 0 Å². The van der Waals surface area contributed by atoms with E-state index in [1.54, 1.807) is 11.3 Å². The Labute approximate surface area is 124 Å². The number of halogens is 1. The first-order valence-corrected chi connectivity index (χ1v) is 7.55. The monoisotopic (exact) mass is 330 g/mol. The summed E-state index contributed by atoms with van der Waals surface area (Å²) in [4.78, 5) is 9.11. The molecule has 0 fully saturated rings. The van der Waals surface area contributed by atoms with E-state index in [1.807, 2.05) is 30.5 Å². The van der Waals surface area contributed by atoms with Crippen molar-refractivity contribution in [1.82, 2.24) is 9.97 Å². The molecule has 0 radical (unpaired) electrons. The van der Waals surface area contributed by atoms with Crippen LogP contribution in [0.3, 0.4) is 0 Å². The van der Waals surface area contributed by atoms with Gasteiger partial charge in [-0.15, -0.1) is 11.3 Å². The second kappa shape index (κ2) is 5.23. The average molecular weight is 331 g/mol. The van der Waals surface area contributed by atoms with E-state index in [2.05, 4.69) is 45.4 Å². The molecule has 2 aromatic heterocycles. The predicted octanol–water partition coefficient (Wildman–Crippen LogP) is 4.94. The molecule has 94 valence electrons. The second-order valence-corrected chi connectivity index (χ2v) is 5.90. The van der Waals surface area contributed by atoms with Crippen LogP contribution in [0.4, 0.5) is 0 Å². The summed E-state index contributed by atoms with van der Waals surface area (Å²) in [5, 5.41) is 3.03. The maximum absolute atomic E-state index is 4.70. The molecular weight excluding hydrogens is 320 g/mol. The molecule has 4 heteroatoms. The van der Waals surface area contributed by atoms with Gasteiger partial charge in [-0.3, -0.25) is 4.98 Å².